The highest BCUT2D eigenvalue weighted by Gasteiger charge is 1.96. The van der Waals surface area contributed by atoms with Crippen molar-refractivity contribution in [3.8, 4) is 0 Å². The van der Waals surface area contributed by atoms with Gasteiger partial charge in [0.1, 0.15) is 0 Å². The zero-order chi connectivity index (χ0) is 9.44. The Morgan fingerprint density at radius 1 is 1.55 bits per heavy atom. The summed E-state index contributed by atoms with van der Waals surface area (Å²) < 4.78 is 8.74. The van der Waals surface area contributed by atoms with E-state index >= 15 is 0 Å². The Bertz CT molecular complexity index is 160. The lowest BCUT2D eigenvalue weighted by atomic mass is 10.2. The van der Waals surface area contributed by atoms with Crippen molar-refractivity contribution in [2.45, 2.75) is 13.3 Å². The minimum absolute atomic E-state index is 0.264. The van der Waals surface area contributed by atoms with Crippen LogP contribution in [0.2, 0.25) is 0 Å². The average molecular weight is 182 g/mol. The topological polar surface area (TPSA) is 94.8 Å². The second-order valence-corrected chi connectivity index (χ2v) is 2.11. The molecule has 0 rings (SSSR count). The summed E-state index contributed by atoms with van der Waals surface area (Å²) in [6.45, 7) is 5.03. The molecule has 0 fully saturated rings. The van der Waals surface area contributed by atoms with E-state index in [9.17, 15) is 4.79 Å². The van der Waals surface area contributed by atoms with Crippen molar-refractivity contribution in [2.24, 2.45) is 0 Å². The third kappa shape index (κ3) is 17.6. The molecule has 11 heavy (non-hydrogen) atoms. The van der Waals surface area contributed by atoms with Gasteiger partial charge in [-0.1, -0.05) is 13.5 Å². The quantitative estimate of drug-likeness (QED) is 0.424. The number of carboxylic acids is 1. The Balaban J connectivity index is 0. The SMILES string of the molecule is C=C(CC)C(=O)O.O=[PH](O)O. The van der Waals surface area contributed by atoms with Crippen LogP contribution in [0.15, 0.2) is 12.2 Å². The molecule has 0 saturated heterocycles. The van der Waals surface area contributed by atoms with Crippen LogP contribution in [0.4, 0.5) is 0 Å². The third-order valence-electron chi connectivity index (χ3n) is 0.729. The Morgan fingerprint density at radius 3 is 1.82 bits per heavy atom. The highest BCUT2D eigenvalue weighted by atomic mass is 31.1. The molecule has 0 saturated carbocycles. The van der Waals surface area contributed by atoms with E-state index in [2.05, 4.69) is 6.58 Å². The summed E-state index contributed by atoms with van der Waals surface area (Å²) in [5.41, 5.74) is 0.264. The summed E-state index contributed by atoms with van der Waals surface area (Å²) in [5.74, 6) is -0.900. The van der Waals surface area contributed by atoms with Crippen molar-refractivity contribution >= 4 is 14.2 Å². The fourth-order valence-electron chi connectivity index (χ4n) is 0.151. The van der Waals surface area contributed by atoms with Gasteiger partial charge in [-0.3, -0.25) is 4.57 Å². The largest absolute Gasteiger partial charge is 0.478 e. The van der Waals surface area contributed by atoms with Gasteiger partial charge >= 0.3 is 14.2 Å². The molecular formula is C5H11O5P. The lowest BCUT2D eigenvalue weighted by molar-refractivity contribution is -0.132. The molecule has 0 spiro atoms. The molecule has 5 nitrogen and oxygen atoms in total. The minimum Gasteiger partial charge on any atom is -0.478 e. The fraction of sp³-hybridized carbons (Fsp3) is 0.400. The summed E-state index contributed by atoms with van der Waals surface area (Å²) in [6, 6.07) is 0. The zero-order valence-electron chi connectivity index (χ0n) is 6.07. The van der Waals surface area contributed by atoms with Crippen molar-refractivity contribution in [3.63, 3.8) is 0 Å². The van der Waals surface area contributed by atoms with E-state index in [1.807, 2.05) is 0 Å². The van der Waals surface area contributed by atoms with E-state index in [0.29, 0.717) is 6.42 Å². The van der Waals surface area contributed by atoms with Gasteiger partial charge in [-0.25, -0.2) is 4.79 Å². The van der Waals surface area contributed by atoms with Crippen LogP contribution in [0.25, 0.3) is 0 Å². The van der Waals surface area contributed by atoms with Crippen LogP contribution in [0.5, 0.6) is 0 Å². The zero-order valence-corrected chi connectivity index (χ0v) is 7.07. The number of carboxylic acid groups (broad SMARTS) is 1. The molecule has 0 aliphatic carbocycles. The first-order chi connectivity index (χ1) is 4.91. The minimum atomic E-state index is -3.13. The molecule has 0 aliphatic heterocycles. The maximum atomic E-state index is 9.83. The monoisotopic (exact) mass is 182 g/mol. The molecule has 0 atom stereocenters. The Kier molecular flexibility index (Phi) is 8.82. The van der Waals surface area contributed by atoms with Gasteiger partial charge in [0.15, 0.2) is 0 Å². The number of carbonyl (C=O) groups is 1. The van der Waals surface area contributed by atoms with Gasteiger partial charge in [-0.05, 0) is 6.42 Å². The molecule has 0 aliphatic rings. The van der Waals surface area contributed by atoms with Crippen molar-refractivity contribution in [3.05, 3.63) is 12.2 Å². The molecule has 0 unspecified atom stereocenters. The molecule has 0 heterocycles. The predicted octanol–water partition coefficient (Wildman–Crippen LogP) is 0.398. The van der Waals surface area contributed by atoms with Gasteiger partial charge < -0.3 is 14.9 Å². The van der Waals surface area contributed by atoms with E-state index in [0.717, 1.165) is 0 Å². The van der Waals surface area contributed by atoms with Gasteiger partial charge in [-0.15, -0.1) is 0 Å². The molecule has 0 amide bonds. The van der Waals surface area contributed by atoms with Crippen LogP contribution in [-0.2, 0) is 9.36 Å². The maximum Gasteiger partial charge on any atom is 0.330 e. The smallest absolute Gasteiger partial charge is 0.330 e. The normalized spacial score (nSPS) is 8.36. The highest BCUT2D eigenvalue weighted by molar-refractivity contribution is 7.30. The summed E-state index contributed by atoms with van der Waals surface area (Å²) in [5, 5.41) is 8.08. The number of aliphatic carboxylic acids is 1. The lowest BCUT2D eigenvalue weighted by Crippen LogP contribution is -1.95. The molecule has 0 aromatic carbocycles. The Morgan fingerprint density at radius 2 is 1.82 bits per heavy atom. The van der Waals surface area contributed by atoms with Crippen LogP contribution in [0.3, 0.4) is 0 Å². The first-order valence-electron chi connectivity index (χ1n) is 2.74. The van der Waals surface area contributed by atoms with Gasteiger partial charge in [0.25, 0.3) is 0 Å². The van der Waals surface area contributed by atoms with Crippen LogP contribution >= 0.6 is 8.25 Å². The van der Waals surface area contributed by atoms with Crippen LogP contribution < -0.4 is 0 Å². The third-order valence-corrected chi connectivity index (χ3v) is 0.729. The van der Waals surface area contributed by atoms with E-state index in [1.54, 1.807) is 6.92 Å². The van der Waals surface area contributed by atoms with Crippen LogP contribution in [0.1, 0.15) is 13.3 Å². The molecule has 66 valence electrons. The predicted molar refractivity (Wildman–Crippen MR) is 40.5 cm³/mol. The van der Waals surface area contributed by atoms with Crippen LogP contribution in [0, 0.1) is 0 Å². The molecule has 0 aromatic rings. The Labute approximate surface area is 64.9 Å². The lowest BCUT2D eigenvalue weighted by Gasteiger charge is -1.87. The summed E-state index contributed by atoms with van der Waals surface area (Å²) in [6.07, 6.45) is 0.523. The Hall–Kier alpha value is -0.640. The molecule has 6 heteroatoms. The average Bonchev–Trinajstić information content (AvgIpc) is 1.85. The summed E-state index contributed by atoms with van der Waals surface area (Å²) in [7, 11) is -3.13. The van der Waals surface area contributed by atoms with Crippen molar-refractivity contribution < 1.29 is 24.3 Å². The molecule has 3 N–H and O–H groups in total. The fourth-order valence-corrected chi connectivity index (χ4v) is 0.151. The van der Waals surface area contributed by atoms with E-state index in [-0.39, 0.29) is 5.57 Å². The van der Waals surface area contributed by atoms with E-state index < -0.39 is 14.2 Å². The van der Waals surface area contributed by atoms with Crippen molar-refractivity contribution in [1.82, 2.24) is 0 Å². The summed E-state index contributed by atoms with van der Waals surface area (Å²) in [4.78, 5) is 24.1. The second kappa shape index (κ2) is 7.47. The van der Waals surface area contributed by atoms with E-state index in [1.165, 1.54) is 0 Å². The highest BCUT2D eigenvalue weighted by Crippen LogP contribution is 1.98. The van der Waals surface area contributed by atoms with Gasteiger partial charge in [0.2, 0.25) is 0 Å². The maximum absolute atomic E-state index is 9.83. The van der Waals surface area contributed by atoms with Crippen molar-refractivity contribution in [1.29, 1.82) is 0 Å². The first-order valence-corrected chi connectivity index (χ1v) is 4.05. The van der Waals surface area contributed by atoms with Gasteiger partial charge in [0.05, 0.1) is 0 Å². The first kappa shape index (κ1) is 13.0. The van der Waals surface area contributed by atoms with Crippen molar-refractivity contribution in [2.75, 3.05) is 0 Å². The van der Waals surface area contributed by atoms with Gasteiger partial charge in [-0.2, -0.15) is 0 Å². The number of hydrogen-bond acceptors (Lipinski definition) is 2. The standard InChI is InChI=1S/C5H8O2.H3O3P/c1-3-4(2)5(6)7;1-4(2)3/h2-3H2,1H3,(H,6,7);4H,(H2,1,2,3). The molecule has 0 aromatic heterocycles. The summed E-state index contributed by atoms with van der Waals surface area (Å²) >= 11 is 0. The van der Waals surface area contributed by atoms with E-state index in [4.69, 9.17) is 19.5 Å². The van der Waals surface area contributed by atoms with Crippen LogP contribution in [-0.4, -0.2) is 20.9 Å². The number of rotatable bonds is 2. The number of hydrogen-bond donors (Lipinski definition) is 3. The molecule has 0 bridgehead atoms. The molecule has 0 radical (unpaired) electrons. The molecular weight excluding hydrogens is 171 g/mol. The van der Waals surface area contributed by atoms with Gasteiger partial charge in [0, 0.05) is 5.57 Å². The second-order valence-electron chi connectivity index (χ2n) is 1.54.